The van der Waals surface area contributed by atoms with E-state index in [1.165, 1.54) is 11.3 Å². The number of nitrogens with zero attached hydrogens (tertiary/aromatic N) is 2. The zero-order valence-electron chi connectivity index (χ0n) is 10.5. The van der Waals surface area contributed by atoms with E-state index >= 15 is 0 Å². The van der Waals surface area contributed by atoms with E-state index < -0.39 is 0 Å². The number of aliphatic hydroxyl groups excluding tert-OH is 1. The third kappa shape index (κ3) is 3.43. The van der Waals surface area contributed by atoms with E-state index in [1.807, 2.05) is 5.38 Å². The van der Waals surface area contributed by atoms with Crippen LogP contribution in [-0.4, -0.2) is 40.2 Å². The number of urea groups is 1. The number of carbonyl (C=O) groups is 1. The molecule has 0 spiro atoms. The van der Waals surface area contributed by atoms with Gasteiger partial charge in [0.15, 0.2) is 0 Å². The molecule has 2 amide bonds. The molecule has 2 rings (SSSR count). The molecule has 1 aliphatic rings. The highest BCUT2D eigenvalue weighted by atomic mass is 32.1. The van der Waals surface area contributed by atoms with E-state index in [0.29, 0.717) is 13.1 Å². The summed E-state index contributed by atoms with van der Waals surface area (Å²) >= 11 is 1.52. The van der Waals surface area contributed by atoms with Gasteiger partial charge in [0, 0.05) is 24.4 Å². The van der Waals surface area contributed by atoms with Crippen molar-refractivity contribution in [2.24, 2.45) is 5.92 Å². The summed E-state index contributed by atoms with van der Waals surface area (Å²) in [5.41, 5.74) is 2.64. The summed E-state index contributed by atoms with van der Waals surface area (Å²) in [4.78, 5) is 17.9. The van der Waals surface area contributed by atoms with Gasteiger partial charge in [0.25, 0.3) is 0 Å². The molecule has 0 saturated carbocycles. The maximum atomic E-state index is 12.0. The number of rotatable bonds is 3. The first-order valence-corrected chi connectivity index (χ1v) is 7.19. The normalized spacial score (nSPS) is 21.7. The molecule has 0 bridgehead atoms. The minimum Gasteiger partial charge on any atom is -0.393 e. The predicted octanol–water partition coefficient (Wildman–Crippen LogP) is 1.45. The molecule has 2 unspecified atom stereocenters. The van der Waals surface area contributed by atoms with Crippen LogP contribution in [0.5, 0.6) is 0 Å². The van der Waals surface area contributed by atoms with Gasteiger partial charge in [-0.3, -0.25) is 0 Å². The first-order chi connectivity index (χ1) is 8.66. The van der Waals surface area contributed by atoms with Gasteiger partial charge in [0.1, 0.15) is 0 Å². The molecule has 100 valence electrons. The van der Waals surface area contributed by atoms with E-state index in [9.17, 15) is 9.90 Å². The molecule has 0 aromatic carbocycles. The monoisotopic (exact) mass is 269 g/mol. The highest BCUT2D eigenvalue weighted by Gasteiger charge is 2.26. The van der Waals surface area contributed by atoms with Crippen molar-refractivity contribution in [3.63, 3.8) is 0 Å². The zero-order chi connectivity index (χ0) is 13.0. The van der Waals surface area contributed by atoms with Crippen molar-refractivity contribution < 1.29 is 9.90 Å². The average molecular weight is 269 g/mol. The summed E-state index contributed by atoms with van der Waals surface area (Å²) in [6.45, 7) is 3.67. The van der Waals surface area contributed by atoms with E-state index in [0.717, 1.165) is 25.1 Å². The molecule has 0 radical (unpaired) electrons. The number of amides is 2. The first kappa shape index (κ1) is 13.3. The molecule has 5 nitrogen and oxygen atoms in total. The first-order valence-electron chi connectivity index (χ1n) is 6.24. The Morgan fingerprint density at radius 3 is 3.28 bits per heavy atom. The van der Waals surface area contributed by atoms with Crippen molar-refractivity contribution >= 4 is 17.4 Å². The summed E-state index contributed by atoms with van der Waals surface area (Å²) in [7, 11) is 0. The van der Waals surface area contributed by atoms with Crippen molar-refractivity contribution in [3.8, 4) is 0 Å². The third-order valence-corrected chi connectivity index (χ3v) is 3.97. The summed E-state index contributed by atoms with van der Waals surface area (Å²) in [6.07, 6.45) is 1.60. The second-order valence-corrected chi connectivity index (χ2v) is 5.45. The summed E-state index contributed by atoms with van der Waals surface area (Å²) < 4.78 is 0. The standard InChI is InChI=1S/C12H19N3O2S/c1-9(16)10-3-2-4-15(6-10)12(17)13-5-11-7-18-8-14-11/h7-10,16H,2-6H2,1H3,(H,13,17). The third-order valence-electron chi connectivity index (χ3n) is 3.33. The van der Waals surface area contributed by atoms with Crippen LogP contribution < -0.4 is 5.32 Å². The van der Waals surface area contributed by atoms with Crippen LogP contribution in [0.15, 0.2) is 10.9 Å². The van der Waals surface area contributed by atoms with Crippen molar-refractivity contribution in [2.75, 3.05) is 13.1 Å². The predicted molar refractivity (Wildman–Crippen MR) is 70.3 cm³/mol. The molecule has 2 N–H and O–H groups in total. The number of nitrogens with one attached hydrogen (secondary N) is 1. The summed E-state index contributed by atoms with van der Waals surface area (Å²) in [5, 5.41) is 14.4. The minimum absolute atomic E-state index is 0.0617. The Morgan fingerprint density at radius 2 is 2.61 bits per heavy atom. The van der Waals surface area contributed by atoms with E-state index in [2.05, 4.69) is 10.3 Å². The van der Waals surface area contributed by atoms with Crippen LogP contribution in [0.3, 0.4) is 0 Å². The average Bonchev–Trinajstić information content (AvgIpc) is 2.89. The topological polar surface area (TPSA) is 65.5 Å². The Kier molecular flexibility index (Phi) is 4.54. The van der Waals surface area contributed by atoms with Gasteiger partial charge in [0.2, 0.25) is 0 Å². The van der Waals surface area contributed by atoms with E-state index in [-0.39, 0.29) is 18.1 Å². The maximum absolute atomic E-state index is 12.0. The number of hydrogen-bond donors (Lipinski definition) is 2. The van der Waals surface area contributed by atoms with Crippen molar-refractivity contribution in [3.05, 3.63) is 16.6 Å². The number of piperidine rings is 1. The molecule has 6 heteroatoms. The van der Waals surface area contributed by atoms with Crippen LogP contribution in [0.25, 0.3) is 0 Å². The van der Waals surface area contributed by atoms with Gasteiger partial charge in [-0.1, -0.05) is 0 Å². The van der Waals surface area contributed by atoms with E-state index in [1.54, 1.807) is 17.3 Å². The molecule has 0 aliphatic carbocycles. The Balaban J connectivity index is 1.81. The highest BCUT2D eigenvalue weighted by Crippen LogP contribution is 2.19. The maximum Gasteiger partial charge on any atom is 0.317 e. The zero-order valence-corrected chi connectivity index (χ0v) is 11.3. The van der Waals surface area contributed by atoms with Crippen molar-refractivity contribution in [1.82, 2.24) is 15.2 Å². The largest absolute Gasteiger partial charge is 0.393 e. The fourth-order valence-electron chi connectivity index (χ4n) is 2.19. The van der Waals surface area contributed by atoms with Crippen molar-refractivity contribution in [2.45, 2.75) is 32.4 Å². The Morgan fingerprint density at radius 1 is 1.78 bits per heavy atom. The number of thiazole rings is 1. The number of hydrogen-bond acceptors (Lipinski definition) is 4. The molecular weight excluding hydrogens is 250 g/mol. The minimum atomic E-state index is -0.348. The number of aliphatic hydroxyl groups is 1. The number of carbonyl (C=O) groups excluding carboxylic acids is 1. The van der Waals surface area contributed by atoms with Gasteiger partial charge in [0.05, 0.1) is 23.9 Å². The van der Waals surface area contributed by atoms with Gasteiger partial charge in [-0.2, -0.15) is 0 Å². The second kappa shape index (κ2) is 6.15. The Bertz CT molecular complexity index is 381. The molecule has 1 aromatic heterocycles. The molecule has 1 aliphatic heterocycles. The number of aromatic nitrogens is 1. The molecular formula is C12H19N3O2S. The SMILES string of the molecule is CC(O)C1CCCN(C(=O)NCc2cscn2)C1. The van der Waals surface area contributed by atoms with Crippen LogP contribution in [0, 0.1) is 5.92 Å². The van der Waals surface area contributed by atoms with Crippen LogP contribution in [0.2, 0.25) is 0 Å². The Labute approximate surface area is 111 Å². The molecule has 1 saturated heterocycles. The molecule has 1 aromatic rings. The fraction of sp³-hybridized carbons (Fsp3) is 0.667. The van der Waals surface area contributed by atoms with Gasteiger partial charge in [-0.05, 0) is 19.8 Å². The second-order valence-electron chi connectivity index (χ2n) is 4.73. The smallest absolute Gasteiger partial charge is 0.317 e. The van der Waals surface area contributed by atoms with Crippen LogP contribution >= 0.6 is 11.3 Å². The molecule has 2 heterocycles. The van der Waals surface area contributed by atoms with Gasteiger partial charge in [-0.25, -0.2) is 9.78 Å². The lowest BCUT2D eigenvalue weighted by Gasteiger charge is -2.34. The Hall–Kier alpha value is -1.14. The van der Waals surface area contributed by atoms with Crippen LogP contribution in [0.1, 0.15) is 25.5 Å². The lowest BCUT2D eigenvalue weighted by molar-refractivity contribution is 0.0738. The van der Waals surface area contributed by atoms with Gasteiger partial charge < -0.3 is 15.3 Å². The van der Waals surface area contributed by atoms with Crippen molar-refractivity contribution in [1.29, 1.82) is 0 Å². The molecule has 1 fully saturated rings. The number of likely N-dealkylation sites (tertiary alicyclic amines) is 1. The van der Waals surface area contributed by atoms with Gasteiger partial charge in [-0.15, -0.1) is 11.3 Å². The van der Waals surface area contributed by atoms with E-state index in [4.69, 9.17) is 0 Å². The molecule has 2 atom stereocenters. The van der Waals surface area contributed by atoms with Crippen LogP contribution in [-0.2, 0) is 6.54 Å². The lowest BCUT2D eigenvalue weighted by atomic mass is 9.94. The van der Waals surface area contributed by atoms with Crippen LogP contribution in [0.4, 0.5) is 4.79 Å². The summed E-state index contributed by atoms with van der Waals surface area (Å²) in [5.74, 6) is 0.198. The quantitative estimate of drug-likeness (QED) is 0.872. The lowest BCUT2D eigenvalue weighted by Crippen LogP contribution is -2.47. The van der Waals surface area contributed by atoms with Gasteiger partial charge >= 0.3 is 6.03 Å². The summed E-state index contributed by atoms with van der Waals surface area (Å²) in [6, 6.07) is -0.0617. The highest BCUT2D eigenvalue weighted by molar-refractivity contribution is 7.07. The fourth-order valence-corrected chi connectivity index (χ4v) is 2.75. The molecule has 18 heavy (non-hydrogen) atoms.